The van der Waals surface area contributed by atoms with Crippen LogP contribution in [0, 0.1) is 3.57 Å². The van der Waals surface area contributed by atoms with Gasteiger partial charge in [0.1, 0.15) is 0 Å². The molecule has 1 atom stereocenters. The van der Waals surface area contributed by atoms with Gasteiger partial charge in [-0.2, -0.15) is 0 Å². The van der Waals surface area contributed by atoms with E-state index >= 15 is 0 Å². The third-order valence-electron chi connectivity index (χ3n) is 2.52. The molecule has 3 nitrogen and oxygen atoms in total. The third kappa shape index (κ3) is 6.35. The predicted octanol–water partition coefficient (Wildman–Crippen LogP) is 2.34. The Kier molecular flexibility index (Phi) is 7.75. The summed E-state index contributed by atoms with van der Waals surface area (Å²) in [4.78, 5) is 0. The second-order valence-electron chi connectivity index (χ2n) is 3.92. The van der Waals surface area contributed by atoms with Gasteiger partial charge in [0.2, 0.25) is 0 Å². The predicted molar refractivity (Wildman–Crippen MR) is 78.1 cm³/mol. The molecule has 1 unspecified atom stereocenters. The van der Waals surface area contributed by atoms with E-state index < -0.39 is 0 Å². The molecule has 0 saturated carbocycles. The molecular formula is C13H20INO2. The van der Waals surface area contributed by atoms with Crippen molar-refractivity contribution in [2.45, 2.75) is 19.4 Å². The van der Waals surface area contributed by atoms with Gasteiger partial charge in [-0.3, -0.25) is 0 Å². The summed E-state index contributed by atoms with van der Waals surface area (Å²) in [6, 6.07) is 8.92. The van der Waals surface area contributed by atoms with E-state index in [1.807, 2.05) is 0 Å². The average molecular weight is 349 g/mol. The lowest BCUT2D eigenvalue weighted by Gasteiger charge is -2.14. The van der Waals surface area contributed by atoms with Crippen molar-refractivity contribution in [1.82, 2.24) is 5.32 Å². The Morgan fingerprint density at radius 3 is 2.65 bits per heavy atom. The van der Waals surface area contributed by atoms with Gasteiger partial charge in [0, 0.05) is 16.2 Å². The Balaban J connectivity index is 2.16. The minimum absolute atomic E-state index is 0.104. The Bertz CT molecular complexity index is 303. The summed E-state index contributed by atoms with van der Waals surface area (Å²) < 4.78 is 6.46. The summed E-state index contributed by atoms with van der Waals surface area (Å²) in [6.07, 6.45) is 0.967. The van der Waals surface area contributed by atoms with E-state index in [0.717, 1.165) is 13.0 Å². The summed E-state index contributed by atoms with van der Waals surface area (Å²) >= 11 is 2.31. The molecule has 0 saturated heterocycles. The first-order chi connectivity index (χ1) is 8.24. The first-order valence-corrected chi connectivity index (χ1v) is 6.99. The lowest BCUT2D eigenvalue weighted by molar-refractivity contribution is 0.0904. The Morgan fingerprint density at radius 1 is 1.29 bits per heavy atom. The second-order valence-corrected chi connectivity index (χ2v) is 5.16. The Labute approximate surface area is 117 Å². The molecule has 0 amide bonds. The summed E-state index contributed by atoms with van der Waals surface area (Å²) in [6.45, 7) is 4.33. The first kappa shape index (κ1) is 14.9. The number of halogens is 1. The van der Waals surface area contributed by atoms with Crippen LogP contribution in [0.4, 0.5) is 0 Å². The monoisotopic (exact) mass is 349 g/mol. The van der Waals surface area contributed by atoms with Gasteiger partial charge in [0.15, 0.2) is 0 Å². The van der Waals surface area contributed by atoms with E-state index in [1.54, 1.807) is 0 Å². The second kappa shape index (κ2) is 8.85. The summed E-state index contributed by atoms with van der Waals surface area (Å²) in [5.41, 5.74) is 1.31. The molecule has 0 aliphatic rings. The van der Waals surface area contributed by atoms with E-state index in [-0.39, 0.29) is 6.61 Å². The van der Waals surface area contributed by atoms with Crippen molar-refractivity contribution in [3.05, 3.63) is 33.4 Å². The quantitative estimate of drug-likeness (QED) is 0.559. The molecule has 2 N–H and O–H groups in total. The Morgan fingerprint density at radius 2 is 2.00 bits per heavy atom. The Hall–Kier alpha value is -0.170. The van der Waals surface area contributed by atoms with Gasteiger partial charge in [-0.25, -0.2) is 0 Å². The van der Waals surface area contributed by atoms with Crippen LogP contribution in [0.25, 0.3) is 0 Å². The smallest absolute Gasteiger partial charge is 0.0697 e. The van der Waals surface area contributed by atoms with Gasteiger partial charge in [0.25, 0.3) is 0 Å². The minimum atomic E-state index is 0.104. The maximum atomic E-state index is 8.54. The van der Waals surface area contributed by atoms with Gasteiger partial charge in [-0.05, 0) is 60.2 Å². The van der Waals surface area contributed by atoms with E-state index in [4.69, 9.17) is 9.84 Å². The summed E-state index contributed by atoms with van der Waals surface area (Å²) in [5, 5.41) is 12.0. The van der Waals surface area contributed by atoms with E-state index in [2.05, 4.69) is 59.1 Å². The average Bonchev–Trinajstić information content (AvgIpc) is 2.34. The number of benzene rings is 1. The lowest BCUT2D eigenvalue weighted by atomic mass is 10.1. The molecule has 96 valence electrons. The molecule has 1 aromatic carbocycles. The van der Waals surface area contributed by atoms with Crippen LogP contribution in [-0.2, 0) is 4.74 Å². The normalized spacial score (nSPS) is 12.6. The van der Waals surface area contributed by atoms with Crippen molar-refractivity contribution < 1.29 is 9.84 Å². The van der Waals surface area contributed by atoms with Crippen LogP contribution in [-0.4, -0.2) is 31.5 Å². The molecule has 4 heteroatoms. The minimum Gasteiger partial charge on any atom is -0.394 e. The molecule has 17 heavy (non-hydrogen) atoms. The van der Waals surface area contributed by atoms with Crippen LogP contribution in [0.3, 0.4) is 0 Å². The van der Waals surface area contributed by atoms with Gasteiger partial charge < -0.3 is 15.2 Å². The molecule has 0 aliphatic carbocycles. The topological polar surface area (TPSA) is 41.5 Å². The van der Waals surface area contributed by atoms with Gasteiger partial charge in [0.05, 0.1) is 13.2 Å². The number of aliphatic hydroxyl groups is 1. The fraction of sp³-hybridized carbons (Fsp3) is 0.538. The van der Waals surface area contributed by atoms with Gasteiger partial charge in [-0.1, -0.05) is 12.1 Å². The van der Waals surface area contributed by atoms with Crippen molar-refractivity contribution in [2.24, 2.45) is 0 Å². The van der Waals surface area contributed by atoms with Crippen LogP contribution < -0.4 is 5.32 Å². The molecule has 0 aliphatic heterocycles. The van der Waals surface area contributed by atoms with Crippen molar-refractivity contribution in [2.75, 3.05) is 26.4 Å². The number of hydrogen-bond acceptors (Lipinski definition) is 3. The fourth-order valence-electron chi connectivity index (χ4n) is 1.53. The highest BCUT2D eigenvalue weighted by molar-refractivity contribution is 14.1. The third-order valence-corrected chi connectivity index (χ3v) is 3.24. The van der Waals surface area contributed by atoms with Crippen LogP contribution >= 0.6 is 22.6 Å². The number of aliphatic hydroxyl groups excluding tert-OH is 1. The number of rotatable bonds is 8. The molecule has 1 aromatic rings. The zero-order valence-corrected chi connectivity index (χ0v) is 12.3. The van der Waals surface area contributed by atoms with Crippen LogP contribution in [0.2, 0.25) is 0 Å². The van der Waals surface area contributed by atoms with Crippen LogP contribution in [0.15, 0.2) is 24.3 Å². The maximum absolute atomic E-state index is 8.54. The first-order valence-electron chi connectivity index (χ1n) is 5.91. The molecule has 0 heterocycles. The van der Waals surface area contributed by atoms with E-state index in [1.165, 1.54) is 9.13 Å². The molecule has 0 spiro atoms. The standard InChI is InChI=1S/C13H20INO2/c1-11(12-3-5-13(14)6-4-12)15-7-2-9-17-10-8-16/h3-6,11,15-16H,2,7-10H2,1H3. The number of nitrogens with one attached hydrogen (secondary N) is 1. The maximum Gasteiger partial charge on any atom is 0.0697 e. The van der Waals surface area contributed by atoms with Crippen molar-refractivity contribution in [3.8, 4) is 0 Å². The molecule has 1 rings (SSSR count). The SMILES string of the molecule is CC(NCCCOCCO)c1ccc(I)cc1. The highest BCUT2D eigenvalue weighted by atomic mass is 127. The fourth-order valence-corrected chi connectivity index (χ4v) is 1.89. The van der Waals surface area contributed by atoms with Crippen LogP contribution in [0.5, 0.6) is 0 Å². The van der Waals surface area contributed by atoms with Gasteiger partial charge >= 0.3 is 0 Å². The van der Waals surface area contributed by atoms with Gasteiger partial charge in [-0.15, -0.1) is 0 Å². The lowest BCUT2D eigenvalue weighted by Crippen LogP contribution is -2.21. The van der Waals surface area contributed by atoms with E-state index in [9.17, 15) is 0 Å². The highest BCUT2D eigenvalue weighted by Crippen LogP contribution is 2.14. The number of ether oxygens (including phenoxy) is 1. The molecule has 0 fully saturated rings. The largest absolute Gasteiger partial charge is 0.394 e. The molecule has 0 bridgehead atoms. The van der Waals surface area contributed by atoms with Crippen molar-refractivity contribution in [3.63, 3.8) is 0 Å². The zero-order valence-electron chi connectivity index (χ0n) is 10.2. The zero-order chi connectivity index (χ0) is 12.5. The van der Waals surface area contributed by atoms with Crippen molar-refractivity contribution in [1.29, 1.82) is 0 Å². The highest BCUT2D eigenvalue weighted by Gasteiger charge is 2.03. The summed E-state index contributed by atoms with van der Waals surface area (Å²) in [7, 11) is 0. The molecular weight excluding hydrogens is 329 g/mol. The van der Waals surface area contributed by atoms with Crippen molar-refractivity contribution >= 4 is 22.6 Å². The van der Waals surface area contributed by atoms with Crippen LogP contribution in [0.1, 0.15) is 24.9 Å². The number of hydrogen-bond donors (Lipinski definition) is 2. The summed E-state index contributed by atoms with van der Waals surface area (Å²) in [5.74, 6) is 0. The molecule has 0 radical (unpaired) electrons. The van der Waals surface area contributed by atoms with E-state index in [0.29, 0.717) is 19.3 Å². The molecule has 0 aromatic heterocycles.